The van der Waals surface area contributed by atoms with Gasteiger partial charge in [-0.3, -0.25) is 14.5 Å². The van der Waals surface area contributed by atoms with Gasteiger partial charge in [0.25, 0.3) is 5.91 Å². The first-order chi connectivity index (χ1) is 12.0. The first kappa shape index (κ1) is 18.7. The number of nitrogens with one attached hydrogen (secondary N) is 1. The van der Waals surface area contributed by atoms with Gasteiger partial charge in [0, 0.05) is 39.7 Å². The van der Waals surface area contributed by atoms with E-state index in [2.05, 4.69) is 27.5 Å². The summed E-state index contributed by atoms with van der Waals surface area (Å²) < 4.78 is 5.27. The molecule has 0 aliphatic carbocycles. The molecule has 1 N–H and O–H groups in total. The van der Waals surface area contributed by atoms with Crippen LogP contribution < -0.4 is 5.32 Å². The van der Waals surface area contributed by atoms with Gasteiger partial charge in [0.2, 0.25) is 5.91 Å². The molecule has 0 unspecified atom stereocenters. The Morgan fingerprint density at radius 3 is 2.56 bits per heavy atom. The van der Waals surface area contributed by atoms with Crippen molar-refractivity contribution in [3.8, 4) is 0 Å². The van der Waals surface area contributed by atoms with E-state index in [4.69, 9.17) is 4.52 Å². The SMILES string of the molecule is CNC(=O)CCN(C)C(=O)c1cc(CN(C)Cc2ccccc2)on1. The smallest absolute Gasteiger partial charge is 0.275 e. The van der Waals surface area contributed by atoms with Gasteiger partial charge in [-0.15, -0.1) is 0 Å². The summed E-state index contributed by atoms with van der Waals surface area (Å²) in [6.07, 6.45) is 0.253. The molecule has 1 aromatic carbocycles. The molecule has 134 valence electrons. The first-order valence-electron chi connectivity index (χ1n) is 8.13. The van der Waals surface area contributed by atoms with Gasteiger partial charge >= 0.3 is 0 Å². The Labute approximate surface area is 147 Å². The van der Waals surface area contributed by atoms with Gasteiger partial charge in [0.15, 0.2) is 11.5 Å². The van der Waals surface area contributed by atoms with Crippen LogP contribution in [0, 0.1) is 0 Å². The molecule has 0 spiro atoms. The van der Waals surface area contributed by atoms with E-state index in [1.807, 2.05) is 25.2 Å². The number of hydrogen-bond donors (Lipinski definition) is 1. The normalized spacial score (nSPS) is 10.7. The fourth-order valence-corrected chi connectivity index (χ4v) is 2.40. The maximum absolute atomic E-state index is 12.3. The number of rotatable bonds is 8. The van der Waals surface area contributed by atoms with E-state index in [0.717, 1.165) is 6.54 Å². The Hall–Kier alpha value is -2.67. The van der Waals surface area contributed by atoms with E-state index in [1.165, 1.54) is 10.5 Å². The zero-order valence-electron chi connectivity index (χ0n) is 14.9. The summed E-state index contributed by atoms with van der Waals surface area (Å²) in [6, 6.07) is 11.8. The van der Waals surface area contributed by atoms with Crippen molar-refractivity contribution in [3.63, 3.8) is 0 Å². The minimum absolute atomic E-state index is 0.108. The lowest BCUT2D eigenvalue weighted by atomic mass is 10.2. The fourth-order valence-electron chi connectivity index (χ4n) is 2.40. The zero-order valence-corrected chi connectivity index (χ0v) is 14.9. The van der Waals surface area contributed by atoms with E-state index in [0.29, 0.717) is 18.8 Å². The number of aromatic nitrogens is 1. The lowest BCUT2D eigenvalue weighted by molar-refractivity contribution is -0.120. The second-order valence-electron chi connectivity index (χ2n) is 5.99. The van der Waals surface area contributed by atoms with E-state index >= 15 is 0 Å². The van der Waals surface area contributed by atoms with Crippen LogP contribution in [-0.4, -0.2) is 54.5 Å². The molecule has 0 saturated carbocycles. The third kappa shape index (κ3) is 5.72. The van der Waals surface area contributed by atoms with E-state index in [-0.39, 0.29) is 23.9 Å². The highest BCUT2D eigenvalue weighted by Gasteiger charge is 2.18. The molecular formula is C18H24N4O3. The van der Waals surface area contributed by atoms with Crippen LogP contribution >= 0.6 is 0 Å². The summed E-state index contributed by atoms with van der Waals surface area (Å²) in [5, 5.41) is 6.38. The van der Waals surface area contributed by atoms with Gasteiger partial charge in [-0.25, -0.2) is 0 Å². The number of amides is 2. The topological polar surface area (TPSA) is 78.7 Å². The van der Waals surface area contributed by atoms with Crippen molar-refractivity contribution in [2.24, 2.45) is 0 Å². The summed E-state index contributed by atoms with van der Waals surface area (Å²) in [7, 11) is 5.19. The summed E-state index contributed by atoms with van der Waals surface area (Å²) in [6.45, 7) is 1.66. The van der Waals surface area contributed by atoms with Crippen LogP contribution in [0.4, 0.5) is 0 Å². The molecule has 2 aromatic rings. The molecule has 0 saturated heterocycles. The predicted molar refractivity (Wildman–Crippen MR) is 93.8 cm³/mol. The van der Waals surface area contributed by atoms with Gasteiger partial charge < -0.3 is 14.7 Å². The largest absolute Gasteiger partial charge is 0.359 e. The average Bonchev–Trinajstić information content (AvgIpc) is 3.07. The van der Waals surface area contributed by atoms with Crippen molar-refractivity contribution < 1.29 is 14.1 Å². The van der Waals surface area contributed by atoms with Crippen molar-refractivity contribution in [3.05, 3.63) is 53.4 Å². The van der Waals surface area contributed by atoms with Crippen LogP contribution in [0.1, 0.15) is 28.2 Å². The molecule has 2 rings (SSSR count). The number of nitrogens with zero attached hydrogens (tertiary/aromatic N) is 3. The van der Waals surface area contributed by atoms with E-state index in [9.17, 15) is 9.59 Å². The van der Waals surface area contributed by atoms with Gasteiger partial charge in [-0.05, 0) is 12.6 Å². The van der Waals surface area contributed by atoms with Crippen molar-refractivity contribution >= 4 is 11.8 Å². The number of benzene rings is 1. The van der Waals surface area contributed by atoms with Gasteiger partial charge in [-0.1, -0.05) is 35.5 Å². The molecule has 0 bridgehead atoms. The number of carbonyl (C=O) groups is 2. The van der Waals surface area contributed by atoms with E-state index < -0.39 is 0 Å². The maximum atomic E-state index is 12.3. The van der Waals surface area contributed by atoms with Crippen LogP contribution in [0.2, 0.25) is 0 Å². The van der Waals surface area contributed by atoms with Crippen LogP contribution in [-0.2, 0) is 17.9 Å². The van der Waals surface area contributed by atoms with Crippen LogP contribution in [0.25, 0.3) is 0 Å². The Balaban J connectivity index is 1.88. The molecule has 0 aliphatic rings. The van der Waals surface area contributed by atoms with Crippen molar-refractivity contribution in [2.75, 3.05) is 27.7 Å². The fraction of sp³-hybridized carbons (Fsp3) is 0.389. The van der Waals surface area contributed by atoms with Gasteiger partial charge in [-0.2, -0.15) is 0 Å². The van der Waals surface area contributed by atoms with Crippen molar-refractivity contribution in [1.82, 2.24) is 20.3 Å². The van der Waals surface area contributed by atoms with Gasteiger partial charge in [0.05, 0.1) is 6.54 Å². The summed E-state index contributed by atoms with van der Waals surface area (Å²) in [5.41, 5.74) is 1.46. The molecule has 0 fully saturated rings. The molecule has 0 atom stereocenters. The highest BCUT2D eigenvalue weighted by atomic mass is 16.5. The van der Waals surface area contributed by atoms with Crippen LogP contribution in [0.3, 0.4) is 0 Å². The lowest BCUT2D eigenvalue weighted by Crippen LogP contribution is -2.31. The first-order valence-corrected chi connectivity index (χ1v) is 8.13. The highest BCUT2D eigenvalue weighted by molar-refractivity contribution is 5.92. The second kappa shape index (κ2) is 8.98. The summed E-state index contributed by atoms with van der Waals surface area (Å²) in [5.74, 6) is 0.258. The Bertz CT molecular complexity index is 699. The molecule has 25 heavy (non-hydrogen) atoms. The Kier molecular flexibility index (Phi) is 6.71. The monoisotopic (exact) mass is 344 g/mol. The molecule has 0 radical (unpaired) electrons. The van der Waals surface area contributed by atoms with Gasteiger partial charge in [0.1, 0.15) is 0 Å². The second-order valence-corrected chi connectivity index (χ2v) is 5.99. The molecule has 1 heterocycles. The van der Waals surface area contributed by atoms with Crippen LogP contribution in [0.15, 0.2) is 40.9 Å². The third-order valence-corrected chi connectivity index (χ3v) is 3.80. The standard InChI is InChI=1S/C18H24N4O3/c1-19-17(23)9-10-22(3)18(24)16-11-15(25-20-16)13-21(2)12-14-7-5-4-6-8-14/h4-8,11H,9-10,12-13H2,1-3H3,(H,19,23). The molecular weight excluding hydrogens is 320 g/mol. The van der Waals surface area contributed by atoms with Crippen molar-refractivity contribution in [2.45, 2.75) is 19.5 Å². The molecule has 7 nitrogen and oxygen atoms in total. The highest BCUT2D eigenvalue weighted by Crippen LogP contribution is 2.11. The van der Waals surface area contributed by atoms with Crippen molar-refractivity contribution in [1.29, 1.82) is 0 Å². The Morgan fingerprint density at radius 2 is 1.88 bits per heavy atom. The molecule has 2 amide bonds. The lowest BCUT2D eigenvalue weighted by Gasteiger charge is -2.15. The predicted octanol–water partition coefficient (Wildman–Crippen LogP) is 1.51. The average molecular weight is 344 g/mol. The quantitative estimate of drug-likeness (QED) is 0.785. The van der Waals surface area contributed by atoms with Crippen LogP contribution in [0.5, 0.6) is 0 Å². The maximum Gasteiger partial charge on any atom is 0.275 e. The minimum atomic E-state index is -0.260. The minimum Gasteiger partial charge on any atom is -0.359 e. The molecule has 0 aliphatic heterocycles. The molecule has 1 aromatic heterocycles. The molecule has 7 heteroatoms. The number of carbonyl (C=O) groups excluding carboxylic acids is 2. The van der Waals surface area contributed by atoms with E-state index in [1.54, 1.807) is 20.2 Å². The summed E-state index contributed by atoms with van der Waals surface area (Å²) in [4.78, 5) is 27.1. The zero-order chi connectivity index (χ0) is 18.2. The number of hydrogen-bond acceptors (Lipinski definition) is 5. The third-order valence-electron chi connectivity index (χ3n) is 3.80. The Morgan fingerprint density at radius 1 is 1.16 bits per heavy atom. The summed E-state index contributed by atoms with van der Waals surface area (Å²) >= 11 is 0.